The first kappa shape index (κ1) is 10.3. The molecule has 14 heavy (non-hydrogen) atoms. The molecule has 0 spiro atoms. The van der Waals surface area contributed by atoms with Crippen LogP contribution in [-0.4, -0.2) is 21.3 Å². The van der Waals surface area contributed by atoms with Crippen molar-refractivity contribution in [1.82, 2.24) is 0 Å². The monoisotopic (exact) mass is 200 g/mol. The van der Waals surface area contributed by atoms with E-state index in [-0.39, 0.29) is 5.56 Å². The predicted octanol–water partition coefficient (Wildman–Crippen LogP) is 1.43. The molecule has 0 aromatic heterocycles. The van der Waals surface area contributed by atoms with Gasteiger partial charge < -0.3 is 15.3 Å². The first-order valence-corrected chi connectivity index (χ1v) is 3.87. The van der Waals surface area contributed by atoms with Crippen LogP contribution in [0.15, 0.2) is 12.1 Å². The predicted molar refractivity (Wildman–Crippen MR) is 45.8 cm³/mol. The summed E-state index contributed by atoms with van der Waals surface area (Å²) in [5, 5.41) is 26.8. The number of rotatable bonds is 2. The average Bonchev–Trinajstić information content (AvgIpc) is 2.10. The lowest BCUT2D eigenvalue weighted by Crippen LogP contribution is -2.07. The molecule has 0 saturated carbocycles. The molecule has 0 bridgehead atoms. The minimum atomic E-state index is -1.16. The Balaban J connectivity index is 3.22. The SMILES string of the molecule is CC(C(=O)O)c1cc(O)c(F)cc1O. The molecule has 0 radical (unpaired) electrons. The Morgan fingerprint density at radius 3 is 2.43 bits per heavy atom. The van der Waals surface area contributed by atoms with Gasteiger partial charge in [-0.15, -0.1) is 0 Å². The highest BCUT2D eigenvalue weighted by Crippen LogP contribution is 2.31. The molecule has 76 valence electrons. The molecule has 0 aliphatic heterocycles. The summed E-state index contributed by atoms with van der Waals surface area (Å²) in [6.07, 6.45) is 0. The second-order valence-corrected chi connectivity index (χ2v) is 2.92. The standard InChI is InChI=1S/C9H9FO4/c1-4(9(13)14)5-2-8(12)6(10)3-7(5)11/h2-4,11-12H,1H3,(H,13,14). The Morgan fingerprint density at radius 1 is 1.36 bits per heavy atom. The second kappa shape index (κ2) is 3.53. The first-order chi connectivity index (χ1) is 6.43. The first-order valence-electron chi connectivity index (χ1n) is 3.87. The van der Waals surface area contributed by atoms with E-state index < -0.39 is 29.2 Å². The largest absolute Gasteiger partial charge is 0.508 e. The average molecular weight is 200 g/mol. The highest BCUT2D eigenvalue weighted by molar-refractivity contribution is 5.76. The number of carboxylic acids is 1. The van der Waals surface area contributed by atoms with Gasteiger partial charge in [0.2, 0.25) is 0 Å². The molecular weight excluding hydrogens is 191 g/mol. The smallest absolute Gasteiger partial charge is 0.310 e. The molecule has 3 N–H and O–H groups in total. The number of phenols is 2. The molecule has 0 aliphatic carbocycles. The highest BCUT2D eigenvalue weighted by Gasteiger charge is 2.19. The van der Waals surface area contributed by atoms with E-state index in [0.717, 1.165) is 6.07 Å². The molecule has 1 aromatic rings. The number of aliphatic carboxylic acids is 1. The lowest BCUT2D eigenvalue weighted by atomic mass is 10.00. The van der Waals surface area contributed by atoms with Crippen LogP contribution < -0.4 is 0 Å². The van der Waals surface area contributed by atoms with Crippen LogP contribution in [0.5, 0.6) is 11.5 Å². The van der Waals surface area contributed by atoms with Crippen molar-refractivity contribution in [3.8, 4) is 11.5 Å². The van der Waals surface area contributed by atoms with Gasteiger partial charge in [-0.25, -0.2) is 4.39 Å². The van der Waals surface area contributed by atoms with E-state index in [1.165, 1.54) is 6.92 Å². The molecule has 1 rings (SSSR count). The third-order valence-corrected chi connectivity index (χ3v) is 1.93. The number of hydrogen-bond donors (Lipinski definition) is 3. The number of aromatic hydroxyl groups is 2. The van der Waals surface area contributed by atoms with Crippen LogP contribution in [0.3, 0.4) is 0 Å². The number of carbonyl (C=O) groups is 1. The van der Waals surface area contributed by atoms with Gasteiger partial charge in [-0.1, -0.05) is 0 Å². The van der Waals surface area contributed by atoms with Gasteiger partial charge in [-0.05, 0) is 13.0 Å². The summed E-state index contributed by atoms with van der Waals surface area (Å²) in [7, 11) is 0. The minimum Gasteiger partial charge on any atom is -0.508 e. The van der Waals surface area contributed by atoms with Crippen molar-refractivity contribution >= 4 is 5.97 Å². The number of carboxylic acid groups (broad SMARTS) is 1. The molecule has 5 heteroatoms. The van der Waals surface area contributed by atoms with Crippen LogP contribution in [0, 0.1) is 5.82 Å². The zero-order valence-corrected chi connectivity index (χ0v) is 7.36. The third-order valence-electron chi connectivity index (χ3n) is 1.93. The van der Waals surface area contributed by atoms with E-state index in [0.29, 0.717) is 6.07 Å². The fourth-order valence-corrected chi connectivity index (χ4v) is 1.05. The molecule has 0 fully saturated rings. The maximum atomic E-state index is 12.7. The molecule has 0 amide bonds. The van der Waals surface area contributed by atoms with E-state index in [1.807, 2.05) is 0 Å². The van der Waals surface area contributed by atoms with Crippen molar-refractivity contribution in [3.63, 3.8) is 0 Å². The van der Waals surface area contributed by atoms with Crippen LogP contribution >= 0.6 is 0 Å². The van der Waals surface area contributed by atoms with Gasteiger partial charge in [0, 0.05) is 11.6 Å². The van der Waals surface area contributed by atoms with Gasteiger partial charge in [0.25, 0.3) is 0 Å². The lowest BCUT2D eigenvalue weighted by molar-refractivity contribution is -0.138. The molecule has 1 aromatic carbocycles. The van der Waals surface area contributed by atoms with Crippen molar-refractivity contribution in [1.29, 1.82) is 0 Å². The lowest BCUT2D eigenvalue weighted by Gasteiger charge is -2.09. The van der Waals surface area contributed by atoms with Gasteiger partial charge in [0.05, 0.1) is 5.92 Å². The molecule has 0 saturated heterocycles. The van der Waals surface area contributed by atoms with Crippen LogP contribution in [-0.2, 0) is 4.79 Å². The van der Waals surface area contributed by atoms with E-state index in [4.69, 9.17) is 10.2 Å². The van der Waals surface area contributed by atoms with Crippen molar-refractivity contribution in [2.45, 2.75) is 12.8 Å². The van der Waals surface area contributed by atoms with E-state index in [1.54, 1.807) is 0 Å². The van der Waals surface area contributed by atoms with E-state index >= 15 is 0 Å². The second-order valence-electron chi connectivity index (χ2n) is 2.92. The number of phenolic OH excluding ortho intramolecular Hbond substituents is 2. The maximum Gasteiger partial charge on any atom is 0.310 e. The topological polar surface area (TPSA) is 77.8 Å². The fourth-order valence-electron chi connectivity index (χ4n) is 1.05. The quantitative estimate of drug-likeness (QED) is 0.631. The Hall–Kier alpha value is -1.78. The Labute approximate surface area is 79.2 Å². The Bertz CT molecular complexity index is 375. The number of benzene rings is 1. The van der Waals surface area contributed by atoms with Gasteiger partial charge in [-0.2, -0.15) is 0 Å². The molecular formula is C9H9FO4. The van der Waals surface area contributed by atoms with E-state index in [9.17, 15) is 14.3 Å². The molecule has 0 aliphatic rings. The minimum absolute atomic E-state index is 0.0172. The van der Waals surface area contributed by atoms with Gasteiger partial charge in [-0.3, -0.25) is 4.79 Å². The fraction of sp³-hybridized carbons (Fsp3) is 0.222. The van der Waals surface area contributed by atoms with Crippen LogP contribution in [0.4, 0.5) is 4.39 Å². The summed E-state index contributed by atoms with van der Waals surface area (Å²) < 4.78 is 12.7. The molecule has 0 heterocycles. The van der Waals surface area contributed by atoms with Gasteiger partial charge in [0.15, 0.2) is 11.6 Å². The molecule has 1 atom stereocenters. The van der Waals surface area contributed by atoms with Gasteiger partial charge in [0.1, 0.15) is 5.75 Å². The summed E-state index contributed by atoms with van der Waals surface area (Å²) >= 11 is 0. The van der Waals surface area contributed by atoms with Crippen LogP contribution in [0.1, 0.15) is 18.4 Å². The maximum absolute atomic E-state index is 12.7. The summed E-state index contributed by atoms with van der Waals surface area (Å²) in [6, 6.07) is 1.59. The van der Waals surface area contributed by atoms with Crippen molar-refractivity contribution in [2.75, 3.05) is 0 Å². The highest BCUT2D eigenvalue weighted by atomic mass is 19.1. The van der Waals surface area contributed by atoms with E-state index in [2.05, 4.69) is 0 Å². The zero-order chi connectivity index (χ0) is 10.9. The van der Waals surface area contributed by atoms with Crippen LogP contribution in [0.25, 0.3) is 0 Å². The Kier molecular flexibility index (Phi) is 2.60. The zero-order valence-electron chi connectivity index (χ0n) is 7.36. The summed E-state index contributed by atoms with van der Waals surface area (Å²) in [6.45, 7) is 1.33. The van der Waals surface area contributed by atoms with Crippen molar-refractivity contribution in [2.24, 2.45) is 0 Å². The number of halogens is 1. The third kappa shape index (κ3) is 1.76. The summed E-state index contributed by atoms with van der Waals surface area (Å²) in [4.78, 5) is 10.6. The molecule has 1 unspecified atom stereocenters. The van der Waals surface area contributed by atoms with Crippen molar-refractivity contribution < 1.29 is 24.5 Å². The Morgan fingerprint density at radius 2 is 1.93 bits per heavy atom. The molecule has 4 nitrogen and oxygen atoms in total. The van der Waals surface area contributed by atoms with Gasteiger partial charge >= 0.3 is 5.97 Å². The van der Waals surface area contributed by atoms with Crippen LogP contribution in [0.2, 0.25) is 0 Å². The van der Waals surface area contributed by atoms with Crippen molar-refractivity contribution in [3.05, 3.63) is 23.5 Å². The number of hydrogen-bond acceptors (Lipinski definition) is 3. The summed E-state index contributed by atoms with van der Waals surface area (Å²) in [5.74, 6) is -4.29. The summed E-state index contributed by atoms with van der Waals surface area (Å²) in [5.41, 5.74) is -0.0172. The normalized spacial score (nSPS) is 12.4.